The number of aromatic nitrogens is 1. The lowest BCUT2D eigenvalue weighted by molar-refractivity contribution is -0.144. The van der Waals surface area contributed by atoms with E-state index in [4.69, 9.17) is 4.74 Å². The first-order chi connectivity index (χ1) is 12.2. The fraction of sp³-hybridized carbons (Fsp3) is 0.684. The lowest BCUT2D eigenvalue weighted by Crippen LogP contribution is -2.48. The van der Waals surface area contributed by atoms with Crippen LogP contribution in [0.1, 0.15) is 50.6 Å². The molecular formula is C19H29N3O3. The summed E-state index contributed by atoms with van der Waals surface area (Å²) in [6.45, 7) is 6.37. The molecule has 25 heavy (non-hydrogen) atoms. The minimum absolute atomic E-state index is 0.440. The Hall–Kier alpha value is -1.66. The topological polar surface area (TPSA) is 65.9 Å². The number of nitrogens with zero attached hydrogens (tertiary/aromatic N) is 3. The van der Waals surface area contributed by atoms with Crippen molar-refractivity contribution < 1.29 is 14.6 Å². The second-order valence-electron chi connectivity index (χ2n) is 6.94. The molecule has 3 rings (SSSR count). The minimum Gasteiger partial charge on any atom is -0.480 e. The van der Waals surface area contributed by atoms with Gasteiger partial charge < -0.3 is 14.7 Å². The summed E-state index contributed by atoms with van der Waals surface area (Å²) >= 11 is 0. The maximum absolute atomic E-state index is 12.0. The summed E-state index contributed by atoms with van der Waals surface area (Å²) in [4.78, 5) is 20.9. The molecule has 2 saturated heterocycles. The summed E-state index contributed by atoms with van der Waals surface area (Å²) in [5, 5.41) is 9.85. The maximum atomic E-state index is 12.0. The molecule has 1 aromatic heterocycles. The number of pyridine rings is 1. The van der Waals surface area contributed by atoms with Gasteiger partial charge in [-0.15, -0.1) is 0 Å². The van der Waals surface area contributed by atoms with Crippen molar-refractivity contribution in [2.75, 3.05) is 32.8 Å². The van der Waals surface area contributed by atoms with Crippen molar-refractivity contribution in [3.05, 3.63) is 23.9 Å². The Morgan fingerprint density at radius 1 is 1.28 bits per heavy atom. The van der Waals surface area contributed by atoms with E-state index in [1.165, 1.54) is 32.4 Å². The second kappa shape index (κ2) is 8.63. The van der Waals surface area contributed by atoms with Crippen LogP contribution in [0, 0.1) is 0 Å². The number of carbonyl (C=O) groups is 1. The van der Waals surface area contributed by atoms with Gasteiger partial charge in [0, 0.05) is 30.9 Å². The monoisotopic (exact) mass is 347 g/mol. The number of aliphatic carboxylic acids is 1. The summed E-state index contributed by atoms with van der Waals surface area (Å²) in [5.74, 6) is -0.388. The van der Waals surface area contributed by atoms with Gasteiger partial charge in [0.1, 0.15) is 6.04 Å². The van der Waals surface area contributed by atoms with Gasteiger partial charge in [0.25, 0.3) is 0 Å². The normalized spacial score (nSPS) is 21.8. The fourth-order valence-corrected chi connectivity index (χ4v) is 4.15. The van der Waals surface area contributed by atoms with Crippen molar-refractivity contribution in [3.8, 4) is 5.88 Å². The third-order valence-corrected chi connectivity index (χ3v) is 5.38. The van der Waals surface area contributed by atoms with E-state index < -0.39 is 12.0 Å². The molecule has 1 N–H and O–H groups in total. The van der Waals surface area contributed by atoms with Crippen LogP contribution in [0.15, 0.2) is 18.3 Å². The van der Waals surface area contributed by atoms with Crippen LogP contribution in [0.4, 0.5) is 0 Å². The zero-order valence-corrected chi connectivity index (χ0v) is 15.1. The predicted octanol–water partition coefficient (Wildman–Crippen LogP) is 2.56. The van der Waals surface area contributed by atoms with Crippen LogP contribution in [-0.2, 0) is 4.79 Å². The summed E-state index contributed by atoms with van der Waals surface area (Å²) < 4.78 is 5.57. The number of hydrogen-bond donors (Lipinski definition) is 1. The Morgan fingerprint density at radius 3 is 2.64 bits per heavy atom. The molecule has 2 fully saturated rings. The highest BCUT2D eigenvalue weighted by Crippen LogP contribution is 2.31. The Labute approximate surface area is 149 Å². The van der Waals surface area contributed by atoms with Crippen LogP contribution in [0.2, 0.25) is 0 Å². The molecule has 0 spiro atoms. The minimum atomic E-state index is -0.828. The fourth-order valence-electron chi connectivity index (χ4n) is 4.15. The van der Waals surface area contributed by atoms with Crippen molar-refractivity contribution >= 4 is 5.97 Å². The number of carboxylic acids is 1. The molecule has 0 aromatic carbocycles. The van der Waals surface area contributed by atoms with Gasteiger partial charge in [-0.05, 0) is 57.8 Å². The standard InChI is InChI=1S/C19H29N3O3/c1-2-25-18-16(7-6-10-20-18)17(19(23)24)22-13-8-15(9-14-22)21-11-4-3-5-12-21/h6-7,10,15,17H,2-5,8-9,11-14H2,1H3,(H,23,24). The summed E-state index contributed by atoms with van der Waals surface area (Å²) in [6.07, 6.45) is 7.66. The molecule has 1 aromatic rings. The summed E-state index contributed by atoms with van der Waals surface area (Å²) in [6, 6.07) is 3.53. The molecule has 1 atom stereocenters. The van der Waals surface area contributed by atoms with Crippen LogP contribution in [-0.4, -0.2) is 64.7 Å². The molecule has 2 aliphatic rings. The number of carboxylic acid groups (broad SMARTS) is 1. The van der Waals surface area contributed by atoms with E-state index in [0.717, 1.165) is 25.9 Å². The maximum Gasteiger partial charge on any atom is 0.325 e. The van der Waals surface area contributed by atoms with Gasteiger partial charge in [0.2, 0.25) is 5.88 Å². The third kappa shape index (κ3) is 4.30. The highest BCUT2D eigenvalue weighted by molar-refractivity contribution is 5.76. The van der Waals surface area contributed by atoms with Gasteiger partial charge in [-0.25, -0.2) is 4.98 Å². The van der Waals surface area contributed by atoms with E-state index in [0.29, 0.717) is 24.1 Å². The molecule has 0 amide bonds. The Balaban J connectivity index is 1.69. The van der Waals surface area contributed by atoms with E-state index in [-0.39, 0.29) is 0 Å². The van der Waals surface area contributed by atoms with Gasteiger partial charge in [-0.3, -0.25) is 9.69 Å². The van der Waals surface area contributed by atoms with E-state index >= 15 is 0 Å². The second-order valence-corrected chi connectivity index (χ2v) is 6.94. The van der Waals surface area contributed by atoms with Gasteiger partial charge in [-0.2, -0.15) is 0 Å². The first kappa shape index (κ1) is 18.1. The molecule has 0 bridgehead atoms. The smallest absolute Gasteiger partial charge is 0.325 e. The molecule has 2 aliphatic heterocycles. The molecule has 6 nitrogen and oxygen atoms in total. The average molecular weight is 347 g/mol. The number of rotatable bonds is 6. The highest BCUT2D eigenvalue weighted by atomic mass is 16.5. The van der Waals surface area contributed by atoms with E-state index in [1.807, 2.05) is 13.0 Å². The first-order valence-corrected chi connectivity index (χ1v) is 9.49. The zero-order valence-electron chi connectivity index (χ0n) is 15.1. The van der Waals surface area contributed by atoms with Crippen LogP contribution in [0.3, 0.4) is 0 Å². The lowest BCUT2D eigenvalue weighted by atomic mass is 9.97. The van der Waals surface area contributed by atoms with Crippen LogP contribution in [0.5, 0.6) is 5.88 Å². The molecule has 3 heterocycles. The molecule has 0 aliphatic carbocycles. The van der Waals surface area contributed by atoms with Gasteiger partial charge in [0.15, 0.2) is 0 Å². The van der Waals surface area contributed by atoms with E-state index in [9.17, 15) is 9.90 Å². The molecular weight excluding hydrogens is 318 g/mol. The van der Waals surface area contributed by atoms with Gasteiger partial charge in [0.05, 0.1) is 6.61 Å². The number of likely N-dealkylation sites (tertiary alicyclic amines) is 2. The molecule has 1 unspecified atom stereocenters. The first-order valence-electron chi connectivity index (χ1n) is 9.49. The highest BCUT2D eigenvalue weighted by Gasteiger charge is 2.34. The van der Waals surface area contributed by atoms with Crippen molar-refractivity contribution in [1.29, 1.82) is 0 Å². The van der Waals surface area contributed by atoms with Crippen molar-refractivity contribution in [2.45, 2.75) is 51.1 Å². The van der Waals surface area contributed by atoms with Crippen molar-refractivity contribution in [2.24, 2.45) is 0 Å². The quantitative estimate of drug-likeness (QED) is 0.853. The SMILES string of the molecule is CCOc1ncccc1C(C(=O)O)N1CCC(N2CCCCC2)CC1. The number of piperidine rings is 2. The predicted molar refractivity (Wildman–Crippen MR) is 95.8 cm³/mol. The average Bonchev–Trinajstić information content (AvgIpc) is 2.65. The van der Waals surface area contributed by atoms with E-state index in [2.05, 4.69) is 14.8 Å². The van der Waals surface area contributed by atoms with Crippen LogP contribution < -0.4 is 4.74 Å². The van der Waals surface area contributed by atoms with Crippen LogP contribution >= 0.6 is 0 Å². The molecule has 6 heteroatoms. The van der Waals surface area contributed by atoms with Gasteiger partial charge in [-0.1, -0.05) is 6.42 Å². The Morgan fingerprint density at radius 2 is 2.00 bits per heavy atom. The van der Waals surface area contributed by atoms with E-state index in [1.54, 1.807) is 12.3 Å². The summed E-state index contributed by atoms with van der Waals surface area (Å²) in [5.41, 5.74) is 0.660. The van der Waals surface area contributed by atoms with Gasteiger partial charge >= 0.3 is 5.97 Å². The molecule has 138 valence electrons. The third-order valence-electron chi connectivity index (χ3n) is 5.38. The summed E-state index contributed by atoms with van der Waals surface area (Å²) in [7, 11) is 0. The number of ether oxygens (including phenoxy) is 1. The van der Waals surface area contributed by atoms with Crippen molar-refractivity contribution in [3.63, 3.8) is 0 Å². The largest absolute Gasteiger partial charge is 0.480 e. The Bertz CT molecular complexity index is 567. The zero-order chi connectivity index (χ0) is 17.6. The van der Waals surface area contributed by atoms with Crippen molar-refractivity contribution in [1.82, 2.24) is 14.8 Å². The lowest BCUT2D eigenvalue weighted by Gasteiger charge is -2.41. The molecule has 0 saturated carbocycles. The number of hydrogen-bond acceptors (Lipinski definition) is 5. The molecule has 0 radical (unpaired) electrons. The van der Waals surface area contributed by atoms with Crippen LogP contribution in [0.25, 0.3) is 0 Å². The Kier molecular flexibility index (Phi) is 6.26.